The third-order valence-electron chi connectivity index (χ3n) is 4.43. The van der Waals surface area contributed by atoms with E-state index in [9.17, 15) is 19.5 Å². The van der Waals surface area contributed by atoms with Crippen LogP contribution in [0.4, 0.5) is 0 Å². The smallest absolute Gasteiger partial charge is 0.371 e. The van der Waals surface area contributed by atoms with Gasteiger partial charge in [-0.3, -0.25) is 9.59 Å². The maximum atomic E-state index is 11.7. The van der Waals surface area contributed by atoms with Crippen LogP contribution in [0.2, 0.25) is 0 Å². The summed E-state index contributed by atoms with van der Waals surface area (Å²) in [6.07, 6.45) is 4.60. The van der Waals surface area contributed by atoms with Crippen LogP contribution in [0.25, 0.3) is 0 Å². The molecule has 0 atom stereocenters. The first kappa shape index (κ1) is 23.0. The number of ether oxygens (including phenoxy) is 2. The number of aromatic hydroxyl groups is 1. The summed E-state index contributed by atoms with van der Waals surface area (Å²) < 4.78 is 15.9. The molecule has 2 N–H and O–H groups in total. The molecular weight excluding hydrogens is 392 g/mol. The molecule has 0 fully saturated rings. The lowest BCUT2D eigenvalue weighted by Crippen LogP contribution is -2.11. The van der Waals surface area contributed by atoms with E-state index in [1.807, 2.05) is 6.92 Å². The van der Waals surface area contributed by atoms with Gasteiger partial charge in [0.25, 0.3) is 0 Å². The number of ketones is 1. The second-order valence-electron chi connectivity index (χ2n) is 6.78. The molecule has 30 heavy (non-hydrogen) atoms. The van der Waals surface area contributed by atoms with Gasteiger partial charge in [0.2, 0.25) is 16.9 Å². The Bertz CT molecular complexity index is 945. The highest BCUT2D eigenvalue weighted by atomic mass is 16.5. The number of rotatable bonds is 12. The Kier molecular flexibility index (Phi) is 8.46. The van der Waals surface area contributed by atoms with Crippen molar-refractivity contribution in [3.63, 3.8) is 0 Å². The summed E-state index contributed by atoms with van der Waals surface area (Å²) >= 11 is 0. The first-order valence-electron chi connectivity index (χ1n) is 9.82. The quantitative estimate of drug-likeness (QED) is 0.394. The first-order chi connectivity index (χ1) is 14.3. The molecule has 0 radical (unpaired) electrons. The molecule has 0 aliphatic carbocycles. The molecule has 0 spiro atoms. The van der Waals surface area contributed by atoms with E-state index in [4.69, 9.17) is 19.0 Å². The SMILES string of the molecule is CCCc1c(OCCCCCOc2coc(C(=O)O)cc2=O)ccc(C(C)=O)c1O. The molecule has 0 saturated carbocycles. The number of aromatic carboxylic acids is 1. The maximum absolute atomic E-state index is 11.7. The van der Waals surface area contributed by atoms with Crippen molar-refractivity contribution >= 4 is 11.8 Å². The normalized spacial score (nSPS) is 10.6. The molecule has 8 heteroatoms. The van der Waals surface area contributed by atoms with Crippen molar-refractivity contribution in [1.82, 2.24) is 0 Å². The number of hydrogen-bond donors (Lipinski definition) is 2. The van der Waals surface area contributed by atoms with E-state index in [0.717, 1.165) is 31.6 Å². The molecule has 2 rings (SSSR count). The van der Waals surface area contributed by atoms with Crippen LogP contribution in [0, 0.1) is 0 Å². The number of benzene rings is 1. The van der Waals surface area contributed by atoms with Crippen molar-refractivity contribution in [3.8, 4) is 17.2 Å². The van der Waals surface area contributed by atoms with Crippen LogP contribution in [-0.4, -0.2) is 35.2 Å². The Labute approximate surface area is 174 Å². The average Bonchev–Trinajstić information content (AvgIpc) is 2.70. The van der Waals surface area contributed by atoms with Gasteiger partial charge in [-0.25, -0.2) is 4.79 Å². The summed E-state index contributed by atoms with van der Waals surface area (Å²) in [4.78, 5) is 34.1. The van der Waals surface area contributed by atoms with E-state index < -0.39 is 17.2 Å². The first-order valence-corrected chi connectivity index (χ1v) is 9.82. The summed E-state index contributed by atoms with van der Waals surface area (Å²) in [5.41, 5.74) is 0.396. The largest absolute Gasteiger partial charge is 0.507 e. The van der Waals surface area contributed by atoms with Gasteiger partial charge in [-0.15, -0.1) is 0 Å². The number of phenolic OH excluding ortho intramolecular Hbond substituents is 1. The number of hydrogen-bond acceptors (Lipinski definition) is 7. The van der Waals surface area contributed by atoms with Gasteiger partial charge in [-0.05, 0) is 44.7 Å². The van der Waals surface area contributed by atoms with Crippen molar-refractivity contribution in [2.24, 2.45) is 0 Å². The molecule has 0 saturated heterocycles. The van der Waals surface area contributed by atoms with Crippen LogP contribution in [0.3, 0.4) is 0 Å². The summed E-state index contributed by atoms with van der Waals surface area (Å²) in [7, 11) is 0. The number of Topliss-reactive ketones (excluding diaryl/α,β-unsaturated/α-hetero) is 1. The zero-order chi connectivity index (χ0) is 22.1. The highest BCUT2D eigenvalue weighted by Crippen LogP contribution is 2.33. The van der Waals surface area contributed by atoms with Crippen LogP contribution >= 0.6 is 0 Å². The van der Waals surface area contributed by atoms with E-state index in [1.54, 1.807) is 12.1 Å². The van der Waals surface area contributed by atoms with Gasteiger partial charge in [0.15, 0.2) is 5.78 Å². The highest BCUT2D eigenvalue weighted by molar-refractivity contribution is 5.97. The zero-order valence-electron chi connectivity index (χ0n) is 17.1. The minimum atomic E-state index is -1.31. The van der Waals surface area contributed by atoms with E-state index in [1.165, 1.54) is 6.92 Å². The third-order valence-corrected chi connectivity index (χ3v) is 4.43. The molecular formula is C22H26O8. The van der Waals surface area contributed by atoms with E-state index in [2.05, 4.69) is 0 Å². The van der Waals surface area contributed by atoms with Crippen molar-refractivity contribution in [3.05, 3.63) is 51.6 Å². The lowest BCUT2D eigenvalue weighted by molar-refractivity contribution is 0.0658. The Morgan fingerprint density at radius 2 is 1.73 bits per heavy atom. The van der Waals surface area contributed by atoms with E-state index in [-0.39, 0.29) is 23.9 Å². The number of phenols is 1. The van der Waals surface area contributed by atoms with Gasteiger partial charge in [0.1, 0.15) is 17.8 Å². The van der Waals surface area contributed by atoms with Crippen LogP contribution in [-0.2, 0) is 6.42 Å². The van der Waals surface area contributed by atoms with Crippen molar-refractivity contribution in [2.75, 3.05) is 13.2 Å². The van der Waals surface area contributed by atoms with Gasteiger partial charge in [0, 0.05) is 11.6 Å². The fourth-order valence-corrected chi connectivity index (χ4v) is 2.89. The number of carbonyl (C=O) groups is 2. The Morgan fingerprint density at radius 3 is 2.30 bits per heavy atom. The lowest BCUT2D eigenvalue weighted by atomic mass is 10.0. The number of carbonyl (C=O) groups excluding carboxylic acids is 1. The predicted octanol–water partition coefficient (Wildman–Crippen LogP) is 3.83. The molecule has 2 aromatic rings. The Balaban J connectivity index is 1.78. The molecule has 0 aliphatic rings. The van der Waals surface area contributed by atoms with Gasteiger partial charge >= 0.3 is 5.97 Å². The van der Waals surface area contributed by atoms with Crippen molar-refractivity contribution in [2.45, 2.75) is 46.0 Å². The predicted molar refractivity (Wildman–Crippen MR) is 109 cm³/mol. The summed E-state index contributed by atoms with van der Waals surface area (Å²) in [6.45, 7) is 4.12. The van der Waals surface area contributed by atoms with Gasteiger partial charge < -0.3 is 24.1 Å². The molecule has 1 aromatic heterocycles. The average molecular weight is 418 g/mol. The summed E-state index contributed by atoms with van der Waals surface area (Å²) in [5.74, 6) is -1.40. The fraction of sp³-hybridized carbons (Fsp3) is 0.409. The molecule has 0 amide bonds. The van der Waals surface area contributed by atoms with Crippen LogP contribution in [0.1, 0.15) is 66.0 Å². The zero-order valence-corrected chi connectivity index (χ0v) is 17.1. The van der Waals surface area contributed by atoms with Crippen molar-refractivity contribution < 1.29 is 33.7 Å². The van der Waals surface area contributed by atoms with Crippen LogP contribution in [0.5, 0.6) is 17.2 Å². The number of carboxylic acid groups (broad SMARTS) is 1. The van der Waals surface area contributed by atoms with E-state index in [0.29, 0.717) is 36.3 Å². The highest BCUT2D eigenvalue weighted by Gasteiger charge is 2.15. The molecule has 8 nitrogen and oxygen atoms in total. The second kappa shape index (κ2) is 11.0. The third kappa shape index (κ3) is 6.10. The Hall–Kier alpha value is -3.29. The van der Waals surface area contributed by atoms with Crippen molar-refractivity contribution in [1.29, 1.82) is 0 Å². The van der Waals surface area contributed by atoms with Crippen LogP contribution < -0.4 is 14.9 Å². The molecule has 0 bridgehead atoms. The standard InChI is InChI=1S/C22H26O8/c1-3-7-16-18(9-8-15(14(2)23)21(16)25)28-10-5-4-6-11-29-20-13-30-19(22(26)27)12-17(20)24/h8-9,12-13,25H,3-7,10-11H2,1-2H3,(H,26,27). The minimum absolute atomic E-state index is 0.0111. The number of carboxylic acids is 1. The maximum Gasteiger partial charge on any atom is 0.371 e. The second-order valence-corrected chi connectivity index (χ2v) is 6.78. The molecule has 1 heterocycles. The molecule has 162 valence electrons. The van der Waals surface area contributed by atoms with Crippen LogP contribution in [0.15, 0.2) is 33.7 Å². The Morgan fingerprint density at radius 1 is 1.07 bits per heavy atom. The summed E-state index contributed by atoms with van der Waals surface area (Å²) in [6, 6.07) is 4.16. The monoisotopic (exact) mass is 418 g/mol. The molecule has 0 aliphatic heterocycles. The van der Waals surface area contributed by atoms with E-state index >= 15 is 0 Å². The van der Waals surface area contributed by atoms with Gasteiger partial charge in [0.05, 0.1) is 18.8 Å². The summed E-state index contributed by atoms with van der Waals surface area (Å²) in [5, 5.41) is 19.1. The van der Waals surface area contributed by atoms with Gasteiger partial charge in [-0.1, -0.05) is 13.3 Å². The fourth-order valence-electron chi connectivity index (χ4n) is 2.89. The lowest BCUT2D eigenvalue weighted by Gasteiger charge is -2.14. The number of unbranched alkanes of at least 4 members (excludes halogenated alkanes) is 2. The molecule has 1 aromatic carbocycles. The van der Waals surface area contributed by atoms with Gasteiger partial charge in [-0.2, -0.15) is 0 Å². The topological polar surface area (TPSA) is 123 Å². The minimum Gasteiger partial charge on any atom is -0.507 e. The molecule has 0 unspecified atom stereocenters.